The van der Waals surface area contributed by atoms with Crippen molar-refractivity contribution in [1.29, 1.82) is 5.26 Å². The van der Waals surface area contributed by atoms with Gasteiger partial charge >= 0.3 is 0 Å². The van der Waals surface area contributed by atoms with Crippen molar-refractivity contribution in [2.75, 3.05) is 12.4 Å². The van der Waals surface area contributed by atoms with E-state index in [1.807, 2.05) is 6.07 Å². The second kappa shape index (κ2) is 5.71. The van der Waals surface area contributed by atoms with Crippen molar-refractivity contribution in [2.45, 2.75) is 0 Å². The second-order valence-electron chi connectivity index (χ2n) is 3.82. The molecule has 0 atom stereocenters. The van der Waals surface area contributed by atoms with E-state index in [1.54, 1.807) is 18.2 Å². The first-order valence-electron chi connectivity index (χ1n) is 5.69. The van der Waals surface area contributed by atoms with Gasteiger partial charge in [-0.25, -0.2) is 4.98 Å². The van der Waals surface area contributed by atoms with Gasteiger partial charge in [0.25, 0.3) is 5.91 Å². The van der Waals surface area contributed by atoms with E-state index >= 15 is 0 Å². The quantitative estimate of drug-likeness (QED) is 0.887. The average Bonchev–Trinajstić information content (AvgIpc) is 2.47. The Bertz CT molecular complexity index is 692. The van der Waals surface area contributed by atoms with Crippen LogP contribution in [0.25, 0.3) is 0 Å². The smallest absolute Gasteiger partial charge is 0.278 e. The van der Waals surface area contributed by atoms with Gasteiger partial charge in [-0.3, -0.25) is 4.79 Å². The summed E-state index contributed by atoms with van der Waals surface area (Å²) in [6, 6.07) is 9.65. The lowest BCUT2D eigenvalue weighted by Crippen LogP contribution is -2.15. The van der Waals surface area contributed by atoms with Crippen LogP contribution in [-0.4, -0.2) is 23.1 Å². The minimum atomic E-state index is -0.621. The van der Waals surface area contributed by atoms with Gasteiger partial charge in [-0.2, -0.15) is 5.26 Å². The molecule has 0 aliphatic carbocycles. The zero-order chi connectivity index (χ0) is 14.5. The Kier molecular flexibility index (Phi) is 3.82. The molecule has 20 heavy (non-hydrogen) atoms. The fraction of sp³-hybridized carbons (Fsp3) is 0.0714. The number of carbonyl (C=O) groups is 1. The van der Waals surface area contributed by atoms with Crippen molar-refractivity contribution in [3.63, 3.8) is 0 Å². The van der Waals surface area contributed by atoms with E-state index in [9.17, 15) is 9.90 Å². The van der Waals surface area contributed by atoms with Crippen LogP contribution in [0.4, 0.5) is 5.69 Å². The van der Waals surface area contributed by atoms with Crippen LogP contribution in [0.3, 0.4) is 0 Å². The number of anilines is 1. The molecule has 0 saturated carbocycles. The normalized spacial score (nSPS) is 9.60. The van der Waals surface area contributed by atoms with E-state index in [1.165, 1.54) is 25.4 Å². The minimum Gasteiger partial charge on any atom is -0.505 e. The van der Waals surface area contributed by atoms with Gasteiger partial charge in [0, 0.05) is 6.20 Å². The largest absolute Gasteiger partial charge is 0.505 e. The van der Waals surface area contributed by atoms with Gasteiger partial charge in [-0.15, -0.1) is 0 Å². The van der Waals surface area contributed by atoms with Gasteiger partial charge in [-0.1, -0.05) is 6.07 Å². The number of aromatic hydroxyl groups is 1. The van der Waals surface area contributed by atoms with E-state index in [-0.39, 0.29) is 22.7 Å². The summed E-state index contributed by atoms with van der Waals surface area (Å²) in [6.45, 7) is 0. The van der Waals surface area contributed by atoms with Crippen LogP contribution in [-0.2, 0) is 0 Å². The monoisotopic (exact) mass is 269 g/mol. The van der Waals surface area contributed by atoms with Crippen LogP contribution in [0.2, 0.25) is 0 Å². The highest BCUT2D eigenvalue weighted by Crippen LogP contribution is 2.28. The highest BCUT2D eigenvalue weighted by atomic mass is 16.5. The molecule has 0 aliphatic heterocycles. The number of pyridine rings is 1. The number of nitriles is 1. The average molecular weight is 269 g/mol. The van der Waals surface area contributed by atoms with Crippen LogP contribution < -0.4 is 10.1 Å². The lowest BCUT2D eigenvalue weighted by Gasteiger charge is -2.11. The first kappa shape index (κ1) is 13.4. The zero-order valence-corrected chi connectivity index (χ0v) is 10.6. The third-order valence-corrected chi connectivity index (χ3v) is 2.61. The third kappa shape index (κ3) is 2.52. The van der Waals surface area contributed by atoms with Gasteiger partial charge in [0.15, 0.2) is 5.69 Å². The molecule has 0 saturated heterocycles. The lowest BCUT2D eigenvalue weighted by atomic mass is 10.1. The Labute approximate surface area is 115 Å². The molecule has 2 rings (SSSR count). The van der Waals surface area contributed by atoms with Crippen molar-refractivity contribution in [2.24, 2.45) is 0 Å². The number of rotatable bonds is 3. The molecule has 1 aromatic heterocycles. The molecule has 6 heteroatoms. The van der Waals surface area contributed by atoms with Crippen molar-refractivity contribution in [3.05, 3.63) is 47.8 Å². The number of nitrogens with zero attached hydrogens (tertiary/aromatic N) is 2. The molecule has 0 bridgehead atoms. The number of hydrogen-bond donors (Lipinski definition) is 2. The summed E-state index contributed by atoms with van der Waals surface area (Å²) in [5.74, 6) is -0.504. The van der Waals surface area contributed by atoms with Crippen LogP contribution >= 0.6 is 0 Å². The minimum absolute atomic E-state index is 0.123. The number of methoxy groups -OCH3 is 1. The fourth-order valence-corrected chi connectivity index (χ4v) is 1.67. The Hall–Kier alpha value is -3.07. The number of amides is 1. The van der Waals surface area contributed by atoms with E-state index in [4.69, 9.17) is 10.00 Å². The number of benzene rings is 1. The van der Waals surface area contributed by atoms with Crippen molar-refractivity contribution < 1.29 is 14.6 Å². The molecular weight excluding hydrogens is 258 g/mol. The summed E-state index contributed by atoms with van der Waals surface area (Å²) in [6.07, 6.45) is 1.39. The fourth-order valence-electron chi connectivity index (χ4n) is 1.67. The lowest BCUT2D eigenvalue weighted by molar-refractivity contribution is 0.101. The van der Waals surface area contributed by atoms with E-state index < -0.39 is 5.91 Å². The Balaban J connectivity index is 2.38. The SMILES string of the molecule is COc1cccc(C#N)c1NC(=O)c1ncccc1O. The topological polar surface area (TPSA) is 95.2 Å². The van der Waals surface area contributed by atoms with Crippen molar-refractivity contribution in [1.82, 2.24) is 4.98 Å². The standard InChI is InChI=1S/C14H11N3O3/c1-20-11-6-2-4-9(8-15)12(11)17-14(19)13-10(18)5-3-7-16-13/h2-7,18H,1H3,(H,17,19). The molecule has 0 spiro atoms. The summed E-state index contributed by atoms with van der Waals surface area (Å²) in [5, 5.41) is 21.2. The number of aromatic nitrogens is 1. The Morgan fingerprint density at radius 1 is 1.40 bits per heavy atom. The summed E-state index contributed by atoms with van der Waals surface area (Å²) in [5.41, 5.74) is 0.378. The molecule has 6 nitrogen and oxygen atoms in total. The van der Waals surface area contributed by atoms with Gasteiger partial charge in [0.05, 0.1) is 12.7 Å². The summed E-state index contributed by atoms with van der Waals surface area (Å²) in [4.78, 5) is 15.9. The Morgan fingerprint density at radius 3 is 2.85 bits per heavy atom. The molecule has 2 aromatic rings. The van der Waals surface area contributed by atoms with Crippen LogP contribution in [0, 0.1) is 11.3 Å². The molecule has 2 N–H and O–H groups in total. The van der Waals surface area contributed by atoms with Crippen molar-refractivity contribution >= 4 is 11.6 Å². The van der Waals surface area contributed by atoms with E-state index in [2.05, 4.69) is 10.3 Å². The Morgan fingerprint density at radius 2 is 2.20 bits per heavy atom. The first-order chi connectivity index (χ1) is 9.67. The molecule has 0 radical (unpaired) electrons. The summed E-state index contributed by atoms with van der Waals surface area (Å²) >= 11 is 0. The molecule has 0 aliphatic rings. The highest BCUT2D eigenvalue weighted by Gasteiger charge is 2.17. The molecular formula is C14H11N3O3. The first-order valence-corrected chi connectivity index (χ1v) is 5.69. The third-order valence-electron chi connectivity index (χ3n) is 2.61. The predicted octanol–water partition coefficient (Wildman–Crippen LogP) is 1.92. The van der Waals surface area contributed by atoms with Gasteiger partial charge in [0.1, 0.15) is 23.3 Å². The van der Waals surface area contributed by atoms with Crippen LogP contribution in [0.5, 0.6) is 11.5 Å². The van der Waals surface area contributed by atoms with E-state index in [0.717, 1.165) is 0 Å². The van der Waals surface area contributed by atoms with Crippen LogP contribution in [0.15, 0.2) is 36.5 Å². The van der Waals surface area contributed by atoms with Crippen LogP contribution in [0.1, 0.15) is 16.1 Å². The number of nitrogens with one attached hydrogen (secondary N) is 1. The van der Waals surface area contributed by atoms with Gasteiger partial charge < -0.3 is 15.2 Å². The molecule has 0 fully saturated rings. The maximum absolute atomic E-state index is 12.1. The molecule has 0 unspecified atom stereocenters. The number of carbonyl (C=O) groups excluding carboxylic acids is 1. The number of hydrogen-bond acceptors (Lipinski definition) is 5. The highest BCUT2D eigenvalue weighted by molar-refractivity contribution is 6.06. The number of ether oxygens (including phenoxy) is 1. The predicted molar refractivity (Wildman–Crippen MR) is 71.6 cm³/mol. The molecule has 1 amide bonds. The van der Waals surface area contributed by atoms with Crippen molar-refractivity contribution in [3.8, 4) is 17.6 Å². The number of para-hydroxylation sites is 1. The van der Waals surface area contributed by atoms with E-state index in [0.29, 0.717) is 5.75 Å². The molecule has 1 heterocycles. The summed E-state index contributed by atoms with van der Waals surface area (Å²) in [7, 11) is 1.43. The maximum atomic E-state index is 12.1. The molecule has 100 valence electrons. The van der Waals surface area contributed by atoms with Gasteiger partial charge in [-0.05, 0) is 24.3 Å². The molecule has 1 aromatic carbocycles. The maximum Gasteiger partial charge on any atom is 0.278 e. The second-order valence-corrected chi connectivity index (χ2v) is 3.82. The zero-order valence-electron chi connectivity index (χ0n) is 10.6. The van der Waals surface area contributed by atoms with Gasteiger partial charge in [0.2, 0.25) is 0 Å². The summed E-state index contributed by atoms with van der Waals surface area (Å²) < 4.78 is 5.11.